The third kappa shape index (κ3) is 8.23. The smallest absolute Gasteiger partial charge is 0.379 e. The van der Waals surface area contributed by atoms with Gasteiger partial charge in [-0.15, -0.1) is 21.2 Å². The van der Waals surface area contributed by atoms with Gasteiger partial charge in [0, 0.05) is 27.0 Å². The molecule has 35 heavy (non-hydrogen) atoms. The van der Waals surface area contributed by atoms with Crippen molar-refractivity contribution < 1.29 is 36.3 Å². The first-order chi connectivity index (χ1) is 16.7. The molecule has 11 heteroatoms. The predicted octanol–water partition coefficient (Wildman–Crippen LogP) is 6.22. The van der Waals surface area contributed by atoms with E-state index in [0.29, 0.717) is 38.4 Å². The third-order valence-corrected chi connectivity index (χ3v) is 7.46. The Morgan fingerprint density at radius 3 is 2.51 bits per heavy atom. The van der Waals surface area contributed by atoms with Gasteiger partial charge in [0.1, 0.15) is 12.4 Å². The van der Waals surface area contributed by atoms with Crippen molar-refractivity contribution in [1.29, 1.82) is 0 Å². The van der Waals surface area contributed by atoms with Crippen molar-refractivity contribution in [2.75, 3.05) is 32.1 Å². The van der Waals surface area contributed by atoms with Crippen molar-refractivity contribution in [3.63, 3.8) is 0 Å². The first-order valence-electron chi connectivity index (χ1n) is 11.4. The van der Waals surface area contributed by atoms with E-state index in [2.05, 4.69) is 22.0 Å². The Labute approximate surface area is 207 Å². The van der Waals surface area contributed by atoms with E-state index < -0.39 is 25.8 Å². The molecule has 1 atom stereocenters. The van der Waals surface area contributed by atoms with E-state index in [-0.39, 0.29) is 29.0 Å². The molecule has 1 fully saturated rings. The maximum absolute atomic E-state index is 14.5. The van der Waals surface area contributed by atoms with E-state index >= 15 is 0 Å². The van der Waals surface area contributed by atoms with Gasteiger partial charge in [0.15, 0.2) is 0 Å². The molecule has 2 aromatic rings. The quantitative estimate of drug-likeness (QED) is 0.130. The first-order valence-corrected chi connectivity index (χ1v) is 13.5. The van der Waals surface area contributed by atoms with Crippen LogP contribution in [0.2, 0.25) is 0 Å². The second-order valence-corrected chi connectivity index (χ2v) is 10.4. The van der Waals surface area contributed by atoms with Crippen LogP contribution in [0.4, 0.5) is 17.6 Å². The predicted molar refractivity (Wildman–Crippen MR) is 127 cm³/mol. The molecular formula is C24H29F4NO4PS+. The number of unbranched alkanes of at least 4 members (excludes halogenated alkanes) is 1. The highest BCUT2D eigenvalue weighted by atomic mass is 32.2. The number of benzene rings is 2. The molecule has 2 aromatic carbocycles. The Kier molecular flexibility index (Phi) is 10.5. The minimum atomic E-state index is -4.59. The molecule has 5 nitrogen and oxygen atoms in total. The minimum Gasteiger partial charge on any atom is -0.379 e. The third-order valence-electron chi connectivity index (χ3n) is 5.92. The van der Waals surface area contributed by atoms with Crippen LogP contribution in [0, 0.1) is 5.82 Å². The Bertz CT molecular complexity index is 974. The summed E-state index contributed by atoms with van der Waals surface area (Å²) in [4.78, 5) is 8.44. The van der Waals surface area contributed by atoms with Gasteiger partial charge in [0.2, 0.25) is 0 Å². The Hall–Kier alpha value is -1.55. The molecule has 0 bridgehead atoms. The van der Waals surface area contributed by atoms with Crippen molar-refractivity contribution in [1.82, 2.24) is 5.32 Å². The van der Waals surface area contributed by atoms with E-state index in [0.717, 1.165) is 36.7 Å². The first kappa shape index (κ1) is 28.0. The molecule has 0 spiro atoms. The molecule has 0 saturated carbocycles. The summed E-state index contributed by atoms with van der Waals surface area (Å²) < 4.78 is 75.9. The largest absolute Gasteiger partial charge is 0.694 e. The van der Waals surface area contributed by atoms with Gasteiger partial charge < -0.3 is 10.1 Å². The van der Waals surface area contributed by atoms with Gasteiger partial charge in [0.05, 0.1) is 18.8 Å². The summed E-state index contributed by atoms with van der Waals surface area (Å²) in [5, 5.41) is 2.83. The maximum atomic E-state index is 14.5. The molecule has 1 unspecified atom stereocenters. The molecule has 0 aromatic heterocycles. The molecular weight excluding hydrogens is 505 g/mol. The fourth-order valence-corrected chi connectivity index (χ4v) is 5.35. The molecule has 3 rings (SSSR count). The summed E-state index contributed by atoms with van der Waals surface area (Å²) in [5.74, 6) is -0.240. The molecule has 0 aliphatic carbocycles. The van der Waals surface area contributed by atoms with Crippen molar-refractivity contribution >= 4 is 20.0 Å². The summed E-state index contributed by atoms with van der Waals surface area (Å²) in [5.41, 5.74) is 0.284. The van der Waals surface area contributed by atoms with Gasteiger partial charge in [-0.05, 0) is 49.3 Å². The van der Waals surface area contributed by atoms with Gasteiger partial charge in [-0.3, -0.25) is 0 Å². The lowest BCUT2D eigenvalue weighted by atomic mass is 9.75. The lowest BCUT2D eigenvalue weighted by Gasteiger charge is -2.42. The van der Waals surface area contributed by atoms with E-state index in [1.807, 2.05) is 18.2 Å². The van der Waals surface area contributed by atoms with Gasteiger partial charge >= 0.3 is 14.4 Å². The summed E-state index contributed by atoms with van der Waals surface area (Å²) >= 11 is 1.03. The molecule has 1 aliphatic heterocycles. The average molecular weight is 535 g/mol. The van der Waals surface area contributed by atoms with Gasteiger partial charge in [-0.25, -0.2) is 4.39 Å². The van der Waals surface area contributed by atoms with Crippen LogP contribution in [0.15, 0.2) is 47.4 Å². The Balaban J connectivity index is 1.52. The van der Waals surface area contributed by atoms with Crippen molar-refractivity contribution in [3.8, 4) is 0 Å². The van der Waals surface area contributed by atoms with E-state index in [9.17, 15) is 22.1 Å². The average Bonchev–Trinajstić information content (AvgIpc) is 2.78. The standard InChI is InChI=1S/C24H28F4NO4PS/c25-21-14-22(20(24(26,27)28)13-18(21)15-29-10-6-11-33-34(30)31)35-12-5-4-9-23(16-32-17-23)19-7-2-1-3-8-19/h1-3,7-8,13-14,29H,4-6,9-12,15-17H2/p+1. The topological polar surface area (TPSA) is 67.8 Å². The molecule has 1 aliphatic rings. The normalized spacial score (nSPS) is 15.6. The monoisotopic (exact) mass is 534 g/mol. The van der Waals surface area contributed by atoms with Crippen LogP contribution in [-0.4, -0.2) is 37.0 Å². The van der Waals surface area contributed by atoms with Crippen LogP contribution in [0.1, 0.15) is 42.4 Å². The minimum absolute atomic E-state index is 0.0179. The van der Waals surface area contributed by atoms with E-state index in [4.69, 9.17) is 9.63 Å². The van der Waals surface area contributed by atoms with Crippen LogP contribution < -0.4 is 5.32 Å². The van der Waals surface area contributed by atoms with Gasteiger partial charge in [0.25, 0.3) is 0 Å². The summed E-state index contributed by atoms with van der Waals surface area (Å²) in [6, 6.07) is 11.9. The number of halogens is 4. The molecule has 1 saturated heterocycles. The van der Waals surface area contributed by atoms with Crippen molar-refractivity contribution in [3.05, 3.63) is 65.0 Å². The van der Waals surface area contributed by atoms with Gasteiger partial charge in [-0.2, -0.15) is 13.2 Å². The highest BCUT2D eigenvalue weighted by Crippen LogP contribution is 2.40. The lowest BCUT2D eigenvalue weighted by Crippen LogP contribution is -2.46. The fraction of sp³-hybridized carbons (Fsp3) is 0.500. The van der Waals surface area contributed by atoms with Gasteiger partial charge in [-0.1, -0.05) is 36.8 Å². The number of ether oxygens (including phenoxy) is 1. The van der Waals surface area contributed by atoms with Crippen LogP contribution in [-0.2, 0) is 32.0 Å². The molecule has 2 N–H and O–H groups in total. The SMILES string of the molecule is O=[P+](O)OCCCNCc1cc(C(F)(F)F)c(SCCCCC2(c3ccccc3)COC2)cc1F. The van der Waals surface area contributed by atoms with E-state index in [1.54, 1.807) is 0 Å². The number of hydrogen-bond acceptors (Lipinski definition) is 5. The van der Waals surface area contributed by atoms with Crippen LogP contribution in [0.25, 0.3) is 0 Å². The highest BCUT2D eigenvalue weighted by Gasteiger charge is 2.39. The van der Waals surface area contributed by atoms with Crippen molar-refractivity contribution in [2.24, 2.45) is 0 Å². The number of nitrogens with one attached hydrogen (secondary N) is 1. The molecule has 0 amide bonds. The second-order valence-electron chi connectivity index (χ2n) is 8.48. The summed E-state index contributed by atoms with van der Waals surface area (Å²) in [6.07, 6.45) is -1.79. The van der Waals surface area contributed by atoms with E-state index in [1.165, 1.54) is 5.56 Å². The molecule has 1 heterocycles. The summed E-state index contributed by atoms with van der Waals surface area (Å²) in [6.45, 7) is 1.53. The Morgan fingerprint density at radius 1 is 1.14 bits per heavy atom. The molecule has 192 valence electrons. The summed E-state index contributed by atoms with van der Waals surface area (Å²) in [7, 11) is -2.68. The zero-order valence-corrected chi connectivity index (χ0v) is 20.9. The fourth-order valence-electron chi connectivity index (χ4n) is 3.98. The second kappa shape index (κ2) is 13.1. The van der Waals surface area contributed by atoms with Crippen LogP contribution in [0.5, 0.6) is 0 Å². The van der Waals surface area contributed by atoms with Crippen LogP contribution in [0.3, 0.4) is 0 Å². The zero-order chi connectivity index (χ0) is 25.3. The Morgan fingerprint density at radius 2 is 1.89 bits per heavy atom. The van der Waals surface area contributed by atoms with Crippen molar-refractivity contribution in [2.45, 2.75) is 48.7 Å². The molecule has 0 radical (unpaired) electrons. The lowest BCUT2D eigenvalue weighted by molar-refractivity contribution is -0.139. The highest BCUT2D eigenvalue weighted by molar-refractivity contribution is 7.99. The number of rotatable bonds is 14. The maximum Gasteiger partial charge on any atom is 0.694 e. The van der Waals surface area contributed by atoms with Crippen LogP contribution >= 0.6 is 20.0 Å². The number of thioether (sulfide) groups is 1. The zero-order valence-electron chi connectivity index (χ0n) is 19.2. The number of alkyl halides is 3. The number of hydrogen-bond donors (Lipinski definition) is 2.